The van der Waals surface area contributed by atoms with Gasteiger partial charge in [0.05, 0.1) is 19.6 Å². The van der Waals surface area contributed by atoms with Gasteiger partial charge in [-0.1, -0.05) is 12.1 Å². The van der Waals surface area contributed by atoms with Crippen LogP contribution in [0.25, 0.3) is 0 Å². The average molecular weight is 375 g/mol. The molecule has 0 amide bonds. The van der Waals surface area contributed by atoms with Crippen LogP contribution in [0, 0.1) is 0 Å². The first-order chi connectivity index (χ1) is 12.6. The molecule has 2 aromatic carbocycles. The molecule has 2 aromatic rings. The van der Waals surface area contributed by atoms with Gasteiger partial charge in [-0.2, -0.15) is 0 Å². The Morgan fingerprint density at radius 1 is 1.15 bits per heavy atom. The maximum Gasteiger partial charge on any atom is 0.318 e. The molecule has 1 heterocycles. The highest BCUT2D eigenvalue weighted by atomic mass is 32.2. The zero-order chi connectivity index (χ0) is 18.5. The molecular formula is C19H21NO5S. The first kappa shape index (κ1) is 18.4. The van der Waals surface area contributed by atoms with Crippen molar-refractivity contribution in [2.45, 2.75) is 17.2 Å². The molecule has 3 rings (SSSR count). The van der Waals surface area contributed by atoms with E-state index in [0.29, 0.717) is 13.2 Å². The molecular weight excluding hydrogens is 354 g/mol. The molecule has 0 radical (unpaired) electrons. The fourth-order valence-electron chi connectivity index (χ4n) is 2.71. The van der Waals surface area contributed by atoms with Crippen LogP contribution in [-0.4, -0.2) is 37.1 Å². The van der Waals surface area contributed by atoms with Gasteiger partial charge in [0.1, 0.15) is 29.1 Å². The van der Waals surface area contributed by atoms with Crippen molar-refractivity contribution in [3.05, 3.63) is 53.6 Å². The highest BCUT2D eigenvalue weighted by Gasteiger charge is 2.30. The predicted octanol–water partition coefficient (Wildman–Crippen LogP) is 3.07. The Kier molecular flexibility index (Phi) is 5.90. The van der Waals surface area contributed by atoms with E-state index in [-0.39, 0.29) is 5.37 Å². The molecule has 6 nitrogen and oxygen atoms in total. The van der Waals surface area contributed by atoms with Gasteiger partial charge in [0, 0.05) is 12.1 Å². The van der Waals surface area contributed by atoms with Crippen LogP contribution in [0.15, 0.2) is 42.5 Å². The minimum absolute atomic E-state index is 0.0105. The summed E-state index contributed by atoms with van der Waals surface area (Å²) >= 11 is 1.42. The molecule has 26 heavy (non-hydrogen) atoms. The number of carbonyl (C=O) groups is 1. The van der Waals surface area contributed by atoms with Crippen LogP contribution >= 0.6 is 11.8 Å². The number of rotatable bonds is 7. The molecule has 2 atom stereocenters. The van der Waals surface area contributed by atoms with Crippen molar-refractivity contribution in [1.29, 1.82) is 0 Å². The van der Waals surface area contributed by atoms with E-state index in [0.717, 1.165) is 28.4 Å². The molecule has 0 aliphatic carbocycles. The summed E-state index contributed by atoms with van der Waals surface area (Å²) in [5.41, 5.74) is 1.93. The van der Waals surface area contributed by atoms with E-state index < -0.39 is 11.2 Å². The third-order valence-corrected chi connectivity index (χ3v) is 5.54. The van der Waals surface area contributed by atoms with Gasteiger partial charge in [-0.15, -0.1) is 11.8 Å². The number of carboxylic acid groups (broad SMARTS) is 1. The standard InChI is InChI=1S/C19H21NO5S/c1-23-15-7-8-16(24-2)13(9-15)11-25-14-5-3-12(4-6-14)18-20-10-17(26-18)19(21)22/h3-9,17-18,20H,10-11H2,1-2H3,(H,21,22)/t17-,18-/m0/s1. The number of carboxylic acids is 1. The van der Waals surface area contributed by atoms with Crippen molar-refractivity contribution in [2.75, 3.05) is 20.8 Å². The highest BCUT2D eigenvalue weighted by molar-refractivity contribution is 8.01. The topological polar surface area (TPSA) is 77.0 Å². The van der Waals surface area contributed by atoms with Gasteiger partial charge in [-0.3, -0.25) is 10.1 Å². The summed E-state index contributed by atoms with van der Waals surface area (Å²) in [7, 11) is 3.24. The van der Waals surface area contributed by atoms with Gasteiger partial charge in [0.2, 0.25) is 0 Å². The van der Waals surface area contributed by atoms with Gasteiger partial charge < -0.3 is 19.3 Å². The smallest absolute Gasteiger partial charge is 0.318 e. The molecule has 0 unspecified atom stereocenters. The second-order valence-corrected chi connectivity index (χ2v) is 7.10. The molecule has 2 N–H and O–H groups in total. The average Bonchev–Trinajstić information content (AvgIpc) is 3.17. The minimum atomic E-state index is -0.780. The molecule has 0 saturated carbocycles. The van der Waals surface area contributed by atoms with Crippen LogP contribution in [0.2, 0.25) is 0 Å². The molecule has 0 aromatic heterocycles. The van der Waals surface area contributed by atoms with Crippen LogP contribution in [-0.2, 0) is 11.4 Å². The van der Waals surface area contributed by atoms with Crippen molar-refractivity contribution in [1.82, 2.24) is 5.32 Å². The van der Waals surface area contributed by atoms with Crippen molar-refractivity contribution in [3.8, 4) is 17.2 Å². The van der Waals surface area contributed by atoms with E-state index in [4.69, 9.17) is 19.3 Å². The lowest BCUT2D eigenvalue weighted by Gasteiger charge is -2.13. The number of ether oxygens (including phenoxy) is 3. The van der Waals surface area contributed by atoms with E-state index in [1.165, 1.54) is 11.8 Å². The summed E-state index contributed by atoms with van der Waals surface area (Å²) in [6.45, 7) is 0.829. The molecule has 1 aliphatic rings. The number of methoxy groups -OCH3 is 2. The molecule has 1 aliphatic heterocycles. The maximum absolute atomic E-state index is 11.1. The van der Waals surface area contributed by atoms with Crippen LogP contribution in [0.5, 0.6) is 17.2 Å². The van der Waals surface area contributed by atoms with Gasteiger partial charge in [0.25, 0.3) is 0 Å². The van der Waals surface area contributed by atoms with Crippen molar-refractivity contribution >= 4 is 17.7 Å². The quantitative estimate of drug-likeness (QED) is 0.770. The summed E-state index contributed by atoms with van der Waals surface area (Å²) in [6, 6.07) is 13.3. The van der Waals surface area contributed by atoms with Gasteiger partial charge >= 0.3 is 5.97 Å². The SMILES string of the molecule is COc1ccc(OC)c(COc2ccc([C@H]3NC[C@@H](C(=O)O)S3)cc2)c1. The number of hydrogen-bond donors (Lipinski definition) is 2. The number of nitrogens with one attached hydrogen (secondary N) is 1. The lowest BCUT2D eigenvalue weighted by molar-refractivity contribution is -0.136. The Balaban J connectivity index is 1.63. The highest BCUT2D eigenvalue weighted by Crippen LogP contribution is 2.35. The molecule has 1 saturated heterocycles. The predicted molar refractivity (Wildman–Crippen MR) is 100 cm³/mol. The third kappa shape index (κ3) is 4.23. The molecule has 1 fully saturated rings. The van der Waals surface area contributed by atoms with E-state index in [1.54, 1.807) is 14.2 Å². The molecule has 138 valence electrons. The van der Waals surface area contributed by atoms with Crippen molar-refractivity contribution < 1.29 is 24.1 Å². The number of thioether (sulfide) groups is 1. The zero-order valence-electron chi connectivity index (χ0n) is 14.6. The maximum atomic E-state index is 11.1. The lowest BCUT2D eigenvalue weighted by atomic mass is 10.2. The number of aliphatic carboxylic acids is 1. The molecule has 0 spiro atoms. The summed E-state index contributed by atoms with van der Waals surface area (Å²) < 4.78 is 16.5. The Morgan fingerprint density at radius 2 is 1.88 bits per heavy atom. The normalized spacial score (nSPS) is 19.2. The van der Waals surface area contributed by atoms with Crippen LogP contribution < -0.4 is 19.5 Å². The van der Waals surface area contributed by atoms with E-state index in [2.05, 4.69) is 5.32 Å². The number of benzene rings is 2. The fraction of sp³-hybridized carbons (Fsp3) is 0.316. The summed E-state index contributed by atoms with van der Waals surface area (Å²) in [6.07, 6.45) is 0. The van der Waals surface area contributed by atoms with E-state index >= 15 is 0 Å². The Hall–Kier alpha value is -2.38. The van der Waals surface area contributed by atoms with Gasteiger partial charge in [-0.25, -0.2) is 0 Å². The number of hydrogen-bond acceptors (Lipinski definition) is 6. The largest absolute Gasteiger partial charge is 0.497 e. The third-order valence-electron chi connectivity index (χ3n) is 4.13. The Bertz CT molecular complexity index is 765. The van der Waals surface area contributed by atoms with E-state index in [1.807, 2.05) is 42.5 Å². The summed E-state index contributed by atoms with van der Waals surface area (Å²) in [4.78, 5) is 11.1. The monoisotopic (exact) mass is 375 g/mol. The van der Waals surface area contributed by atoms with Crippen molar-refractivity contribution in [3.63, 3.8) is 0 Å². The van der Waals surface area contributed by atoms with Gasteiger partial charge in [0.15, 0.2) is 0 Å². The summed E-state index contributed by atoms with van der Waals surface area (Å²) in [5, 5.41) is 11.9. The lowest BCUT2D eigenvalue weighted by Crippen LogP contribution is -2.21. The first-order valence-electron chi connectivity index (χ1n) is 8.16. The van der Waals surface area contributed by atoms with Gasteiger partial charge in [-0.05, 0) is 35.9 Å². The van der Waals surface area contributed by atoms with Crippen LogP contribution in [0.3, 0.4) is 0 Å². The minimum Gasteiger partial charge on any atom is -0.497 e. The van der Waals surface area contributed by atoms with Crippen molar-refractivity contribution in [2.24, 2.45) is 0 Å². The van der Waals surface area contributed by atoms with Crippen LogP contribution in [0.1, 0.15) is 16.5 Å². The molecule has 7 heteroatoms. The summed E-state index contributed by atoms with van der Waals surface area (Å²) in [5.74, 6) is 1.44. The first-order valence-corrected chi connectivity index (χ1v) is 9.10. The van der Waals surface area contributed by atoms with E-state index in [9.17, 15) is 4.79 Å². The Labute approximate surface area is 156 Å². The second kappa shape index (κ2) is 8.33. The van der Waals surface area contributed by atoms with Crippen LogP contribution in [0.4, 0.5) is 0 Å². The molecule has 0 bridgehead atoms. The Morgan fingerprint density at radius 3 is 2.50 bits per heavy atom. The zero-order valence-corrected chi connectivity index (χ0v) is 15.4. The second-order valence-electron chi connectivity index (χ2n) is 5.79. The fourth-order valence-corrected chi connectivity index (χ4v) is 3.86.